The Bertz CT molecular complexity index is 2590. The summed E-state index contributed by atoms with van der Waals surface area (Å²) in [6.45, 7) is 9.06. The number of nitrogens with zero attached hydrogens (tertiary/aromatic N) is 6. The van der Waals surface area contributed by atoms with Gasteiger partial charge in [0.1, 0.15) is 29.8 Å². The van der Waals surface area contributed by atoms with Crippen LogP contribution in [0.5, 0.6) is 0 Å². The third-order valence-corrected chi connectivity index (χ3v) is 12.9. The van der Waals surface area contributed by atoms with Crippen molar-refractivity contribution in [3.63, 3.8) is 0 Å². The molecule has 2 saturated heterocycles. The average Bonchev–Trinajstić information content (AvgIpc) is 4.18. The first-order chi connectivity index (χ1) is 31.7. The minimum Gasteiger partial charge on any atom is -0.453 e. The molecular formula is C48H55ClN10O7. The maximum Gasteiger partial charge on any atom is 0.407 e. The fourth-order valence-corrected chi connectivity index (χ4v) is 9.20. The monoisotopic (exact) mass is 918 g/mol. The van der Waals surface area contributed by atoms with E-state index in [-0.39, 0.29) is 48.9 Å². The van der Waals surface area contributed by atoms with E-state index in [0.717, 1.165) is 57.6 Å². The number of rotatable bonds is 11. The highest BCUT2D eigenvalue weighted by atomic mass is 35.5. The number of alkyl carbamates (subject to hydrolysis) is 2. The van der Waals surface area contributed by atoms with Crippen molar-refractivity contribution in [2.45, 2.75) is 77.8 Å². The minimum atomic E-state index is -0.900. The molecule has 17 nitrogen and oxygen atoms in total. The summed E-state index contributed by atoms with van der Waals surface area (Å²) in [4.78, 5) is 89.3. The number of aromatic nitrogens is 4. The van der Waals surface area contributed by atoms with Crippen LogP contribution in [-0.4, -0.2) is 116 Å². The average molecular weight is 919 g/mol. The molecule has 4 N–H and O–H groups in total. The van der Waals surface area contributed by atoms with E-state index in [2.05, 4.69) is 25.6 Å². The fraction of sp³-hybridized carbons (Fsp3) is 0.396. The number of nitrogens with one attached hydrogen (secondary N) is 4. The summed E-state index contributed by atoms with van der Waals surface area (Å²) in [5, 5.41) is 5.98. The normalized spacial score (nSPS) is 17.8. The first-order valence-corrected chi connectivity index (χ1v) is 22.5. The molecule has 2 fully saturated rings. The van der Waals surface area contributed by atoms with Gasteiger partial charge in [0.15, 0.2) is 0 Å². The van der Waals surface area contributed by atoms with E-state index in [1.165, 1.54) is 14.2 Å². The zero-order valence-corrected chi connectivity index (χ0v) is 38.6. The lowest BCUT2D eigenvalue weighted by Crippen LogP contribution is -2.52. The van der Waals surface area contributed by atoms with Gasteiger partial charge in [-0.3, -0.25) is 9.59 Å². The maximum atomic E-state index is 14.3. The van der Waals surface area contributed by atoms with Crippen LogP contribution in [0.2, 0.25) is 5.02 Å². The van der Waals surface area contributed by atoms with Crippen LogP contribution >= 0.6 is 11.6 Å². The number of imidazole rings is 2. The number of carbonyl (C=O) groups is 5. The number of ether oxygens (including phenoxy) is 2. The summed E-state index contributed by atoms with van der Waals surface area (Å²) < 4.78 is 9.60. The molecule has 8 rings (SSSR count). The zero-order valence-electron chi connectivity index (χ0n) is 37.8. The number of amides is 6. The number of halogens is 1. The highest BCUT2D eigenvalue weighted by Crippen LogP contribution is 2.35. The smallest absolute Gasteiger partial charge is 0.407 e. The summed E-state index contributed by atoms with van der Waals surface area (Å²) in [5.74, 6) is 0.303. The molecule has 0 aliphatic carbocycles. The molecule has 4 atom stereocenters. The molecule has 0 radical (unpaired) electrons. The Hall–Kier alpha value is -6.88. The highest BCUT2D eigenvalue weighted by molar-refractivity contribution is 6.30. The predicted octanol–water partition coefficient (Wildman–Crippen LogP) is 7.49. The molecule has 0 saturated carbocycles. The van der Waals surface area contributed by atoms with Gasteiger partial charge in [-0.25, -0.2) is 24.4 Å². The molecule has 3 aliphatic heterocycles. The lowest BCUT2D eigenvalue weighted by Gasteiger charge is -2.30. The van der Waals surface area contributed by atoms with Crippen LogP contribution in [0.15, 0.2) is 79.1 Å². The topological polar surface area (TPSA) is 198 Å². The number of benzene rings is 3. The van der Waals surface area contributed by atoms with Gasteiger partial charge in [-0.05, 0) is 70.2 Å². The molecule has 346 valence electrons. The van der Waals surface area contributed by atoms with Gasteiger partial charge >= 0.3 is 18.2 Å². The second-order valence-corrected chi connectivity index (χ2v) is 18.1. The van der Waals surface area contributed by atoms with E-state index >= 15 is 0 Å². The van der Waals surface area contributed by atoms with E-state index in [0.29, 0.717) is 36.3 Å². The number of urea groups is 1. The molecule has 18 heteroatoms. The van der Waals surface area contributed by atoms with Gasteiger partial charge in [0, 0.05) is 24.7 Å². The highest BCUT2D eigenvalue weighted by Gasteiger charge is 2.44. The van der Waals surface area contributed by atoms with E-state index < -0.39 is 30.3 Å². The minimum absolute atomic E-state index is 0.00365. The van der Waals surface area contributed by atoms with Gasteiger partial charge in [-0.1, -0.05) is 93.9 Å². The zero-order chi connectivity index (χ0) is 46.8. The van der Waals surface area contributed by atoms with Crippen LogP contribution in [0.4, 0.5) is 14.4 Å². The van der Waals surface area contributed by atoms with E-state index in [1.54, 1.807) is 32.0 Å². The number of hydrogen-bond donors (Lipinski definition) is 4. The molecule has 2 unspecified atom stereocenters. The second-order valence-electron chi connectivity index (χ2n) is 17.7. The van der Waals surface area contributed by atoms with Crippen molar-refractivity contribution in [2.24, 2.45) is 11.8 Å². The summed E-state index contributed by atoms with van der Waals surface area (Å²) in [6.07, 6.45) is 3.73. The van der Waals surface area contributed by atoms with Crippen LogP contribution in [0.3, 0.4) is 0 Å². The van der Waals surface area contributed by atoms with Crippen molar-refractivity contribution >= 4 is 41.6 Å². The molecule has 0 spiro atoms. The molecule has 2 aromatic heterocycles. The van der Waals surface area contributed by atoms with E-state index in [1.807, 2.05) is 94.4 Å². The SMILES string of the molecule is COC(=O)N[C@H](C(=O)N1CCCC1c1ncc(-c2ccc(-c3ccc(-c4cnc(C5CN(C(=O)N6Cc7ccc(Cl)cc7C6)CN5C(=O)[C@@H](NC(=O)OC)C(C)C)[nH]4)cc3)cc2)[nH]1)C(C)C. The summed E-state index contributed by atoms with van der Waals surface area (Å²) in [5.41, 5.74) is 7.41. The number of H-pyrrole nitrogens is 2. The molecule has 5 heterocycles. The Kier molecular flexibility index (Phi) is 13.4. The van der Waals surface area contributed by atoms with Gasteiger partial charge in [0.05, 0.1) is 57.3 Å². The van der Waals surface area contributed by atoms with Gasteiger partial charge in [-0.15, -0.1) is 0 Å². The summed E-state index contributed by atoms with van der Waals surface area (Å²) in [6, 6.07) is 19.1. The van der Waals surface area contributed by atoms with Gasteiger partial charge in [-0.2, -0.15) is 0 Å². The summed E-state index contributed by atoms with van der Waals surface area (Å²) in [7, 11) is 2.53. The lowest BCUT2D eigenvalue weighted by molar-refractivity contribution is -0.136. The van der Waals surface area contributed by atoms with E-state index in [9.17, 15) is 24.0 Å². The fourth-order valence-electron chi connectivity index (χ4n) is 9.00. The maximum absolute atomic E-state index is 14.3. The Balaban J connectivity index is 0.959. The van der Waals surface area contributed by atoms with Crippen molar-refractivity contribution in [3.05, 3.63) is 107 Å². The quantitative estimate of drug-likeness (QED) is 0.104. The number of aromatic amines is 2. The Morgan fingerprint density at radius 3 is 1.70 bits per heavy atom. The number of carbonyl (C=O) groups excluding carboxylic acids is 5. The molecule has 5 aromatic rings. The number of methoxy groups -OCH3 is 2. The van der Waals surface area contributed by atoms with E-state index in [4.69, 9.17) is 26.1 Å². The van der Waals surface area contributed by atoms with Crippen LogP contribution in [0, 0.1) is 11.8 Å². The Labute approximate surface area is 388 Å². The molecular weight excluding hydrogens is 864 g/mol. The lowest BCUT2D eigenvalue weighted by atomic mass is 10.0. The first-order valence-electron chi connectivity index (χ1n) is 22.1. The van der Waals surface area contributed by atoms with Crippen LogP contribution in [-0.2, 0) is 32.2 Å². The Morgan fingerprint density at radius 1 is 0.667 bits per heavy atom. The van der Waals surface area contributed by atoms with Gasteiger partial charge < -0.3 is 49.7 Å². The predicted molar refractivity (Wildman–Crippen MR) is 246 cm³/mol. The molecule has 0 bridgehead atoms. The van der Waals surface area contributed by atoms with Crippen LogP contribution in [0.25, 0.3) is 33.6 Å². The summed E-state index contributed by atoms with van der Waals surface area (Å²) >= 11 is 6.25. The molecule has 3 aromatic carbocycles. The van der Waals surface area contributed by atoms with Crippen LogP contribution in [0.1, 0.15) is 75.4 Å². The third kappa shape index (κ3) is 9.43. The van der Waals surface area contributed by atoms with Crippen molar-refractivity contribution < 1.29 is 33.4 Å². The number of likely N-dealkylation sites (tertiary alicyclic amines) is 1. The van der Waals surface area contributed by atoms with Crippen molar-refractivity contribution in [3.8, 4) is 33.6 Å². The van der Waals surface area contributed by atoms with Crippen LogP contribution < -0.4 is 10.6 Å². The second kappa shape index (κ2) is 19.3. The standard InChI is InChI=1S/C48H55ClN10O7/c1-27(2)40(54-46(62)65-5)44(60)58-19-7-8-38(58)42-50-21-36(52-42)31-13-9-29(10-14-31)30-11-15-32(16-12-30)37-22-51-43(53-37)39-25-57(26-59(39)45(61)41(28(3)4)55-47(63)66-6)48(64)56-23-33-17-18-35(49)20-34(33)24-56/h9-18,20-22,27-28,38-41H,7-8,19,23-26H2,1-6H3,(H,50,52)(H,51,53)(H,54,62)(H,55,63)/t38?,39?,40-,41-/m0/s1. The number of hydrogen-bond acceptors (Lipinski definition) is 9. The molecule has 3 aliphatic rings. The first kappa shape index (κ1) is 45.7. The number of fused-ring (bicyclic) bond motifs is 1. The van der Waals surface area contributed by atoms with Gasteiger partial charge in [0.2, 0.25) is 11.8 Å². The molecule has 6 amide bonds. The third-order valence-electron chi connectivity index (χ3n) is 12.7. The van der Waals surface area contributed by atoms with Crippen molar-refractivity contribution in [2.75, 3.05) is 34.0 Å². The van der Waals surface area contributed by atoms with Gasteiger partial charge in [0.25, 0.3) is 0 Å². The van der Waals surface area contributed by atoms with Crippen molar-refractivity contribution in [1.82, 2.24) is 50.2 Å². The van der Waals surface area contributed by atoms with Crippen molar-refractivity contribution in [1.29, 1.82) is 0 Å². The largest absolute Gasteiger partial charge is 0.453 e. The molecule has 66 heavy (non-hydrogen) atoms. The Morgan fingerprint density at radius 2 is 1.17 bits per heavy atom.